The molecule has 1 aromatic heterocycles. The van der Waals surface area contributed by atoms with E-state index in [9.17, 15) is 4.79 Å². The number of rotatable bonds is 5. The lowest BCUT2D eigenvalue weighted by molar-refractivity contribution is 0.0415. The van der Waals surface area contributed by atoms with Gasteiger partial charge in [-0.15, -0.1) is 0 Å². The highest BCUT2D eigenvalue weighted by Gasteiger charge is 2.32. The highest BCUT2D eigenvalue weighted by molar-refractivity contribution is 5.75. The Labute approximate surface area is 129 Å². The number of urea groups is 1. The molecule has 1 aliphatic rings. The molecule has 1 N–H and O–H groups in total. The van der Waals surface area contributed by atoms with Gasteiger partial charge < -0.3 is 15.0 Å². The molecule has 22 heavy (non-hydrogen) atoms. The standard InChI is InChI=1S/C17H19N3O2/c21-17(19-11-9-14-6-2-1-3-7-14)20-12-15(13-20)22-16-8-4-5-10-18-16/h1-8,10,15H,9,11-13H2,(H,19,21). The maximum absolute atomic E-state index is 12.0. The van der Waals surface area contributed by atoms with Crippen LogP contribution in [0.3, 0.4) is 0 Å². The summed E-state index contributed by atoms with van der Waals surface area (Å²) in [7, 11) is 0. The van der Waals surface area contributed by atoms with Crippen molar-refractivity contribution in [1.29, 1.82) is 0 Å². The number of hydrogen-bond acceptors (Lipinski definition) is 3. The topological polar surface area (TPSA) is 54.5 Å². The van der Waals surface area contributed by atoms with E-state index in [0.29, 0.717) is 25.5 Å². The summed E-state index contributed by atoms with van der Waals surface area (Å²) < 4.78 is 5.67. The minimum absolute atomic E-state index is 0.0307. The van der Waals surface area contributed by atoms with E-state index < -0.39 is 0 Å². The SMILES string of the molecule is O=C(NCCc1ccccc1)N1CC(Oc2ccccn2)C1. The minimum atomic E-state index is -0.0307. The predicted octanol–water partition coefficient (Wildman–Crippen LogP) is 2.10. The van der Waals surface area contributed by atoms with Gasteiger partial charge in [-0.2, -0.15) is 0 Å². The van der Waals surface area contributed by atoms with Gasteiger partial charge in [0.25, 0.3) is 0 Å². The van der Waals surface area contributed by atoms with E-state index in [-0.39, 0.29) is 12.1 Å². The average molecular weight is 297 g/mol. The van der Waals surface area contributed by atoms with Gasteiger partial charge in [-0.25, -0.2) is 9.78 Å². The number of pyridine rings is 1. The van der Waals surface area contributed by atoms with Gasteiger partial charge in [-0.3, -0.25) is 0 Å². The van der Waals surface area contributed by atoms with Gasteiger partial charge in [-0.1, -0.05) is 36.4 Å². The Kier molecular flexibility index (Phi) is 4.53. The molecule has 5 heteroatoms. The number of nitrogens with zero attached hydrogens (tertiary/aromatic N) is 2. The number of carbonyl (C=O) groups is 1. The molecule has 0 unspecified atom stereocenters. The first-order valence-electron chi connectivity index (χ1n) is 7.45. The summed E-state index contributed by atoms with van der Waals surface area (Å²) >= 11 is 0. The highest BCUT2D eigenvalue weighted by atomic mass is 16.5. The summed E-state index contributed by atoms with van der Waals surface area (Å²) in [5.74, 6) is 0.608. The Hall–Kier alpha value is -2.56. The Bertz CT molecular complexity index is 598. The van der Waals surface area contributed by atoms with Crippen LogP contribution in [0.2, 0.25) is 0 Å². The van der Waals surface area contributed by atoms with Crippen LogP contribution in [0.4, 0.5) is 4.79 Å². The molecule has 0 radical (unpaired) electrons. The van der Waals surface area contributed by atoms with Gasteiger partial charge >= 0.3 is 6.03 Å². The molecule has 2 aromatic rings. The largest absolute Gasteiger partial charge is 0.471 e. The van der Waals surface area contributed by atoms with Gasteiger partial charge in [0.15, 0.2) is 0 Å². The van der Waals surface area contributed by atoms with Crippen LogP contribution in [-0.4, -0.2) is 41.7 Å². The molecule has 114 valence electrons. The van der Waals surface area contributed by atoms with E-state index >= 15 is 0 Å². The number of carbonyl (C=O) groups excluding carboxylic acids is 1. The maximum atomic E-state index is 12.0. The first-order chi connectivity index (χ1) is 10.8. The molecular formula is C17H19N3O2. The van der Waals surface area contributed by atoms with Gasteiger partial charge in [-0.05, 0) is 18.1 Å². The van der Waals surface area contributed by atoms with E-state index in [0.717, 1.165) is 6.42 Å². The summed E-state index contributed by atoms with van der Waals surface area (Å²) in [6, 6.07) is 15.6. The van der Waals surface area contributed by atoms with Crippen molar-refractivity contribution < 1.29 is 9.53 Å². The number of amides is 2. The third-order valence-electron chi connectivity index (χ3n) is 3.59. The van der Waals surface area contributed by atoms with Crippen molar-refractivity contribution in [3.63, 3.8) is 0 Å². The molecule has 1 aliphatic heterocycles. The smallest absolute Gasteiger partial charge is 0.317 e. The monoisotopic (exact) mass is 297 g/mol. The first kappa shape index (κ1) is 14.4. The molecule has 0 saturated carbocycles. The molecule has 5 nitrogen and oxygen atoms in total. The highest BCUT2D eigenvalue weighted by Crippen LogP contribution is 2.15. The molecule has 1 saturated heterocycles. The number of aromatic nitrogens is 1. The average Bonchev–Trinajstić information content (AvgIpc) is 2.52. The Balaban J connectivity index is 1.35. The van der Waals surface area contributed by atoms with Gasteiger partial charge in [0, 0.05) is 18.8 Å². The van der Waals surface area contributed by atoms with Gasteiger partial charge in [0.1, 0.15) is 6.10 Å². The number of hydrogen-bond donors (Lipinski definition) is 1. The van der Waals surface area contributed by atoms with Crippen molar-refractivity contribution in [3.8, 4) is 5.88 Å². The number of nitrogens with one attached hydrogen (secondary N) is 1. The van der Waals surface area contributed by atoms with E-state index in [1.807, 2.05) is 36.4 Å². The maximum Gasteiger partial charge on any atom is 0.317 e. The third-order valence-corrected chi connectivity index (χ3v) is 3.59. The molecule has 2 amide bonds. The number of likely N-dealkylation sites (tertiary alicyclic amines) is 1. The lowest BCUT2D eigenvalue weighted by Crippen LogP contribution is -2.59. The lowest BCUT2D eigenvalue weighted by atomic mass is 10.1. The van der Waals surface area contributed by atoms with Crippen LogP contribution < -0.4 is 10.1 Å². The van der Waals surface area contributed by atoms with E-state index in [4.69, 9.17) is 4.74 Å². The van der Waals surface area contributed by atoms with Crippen molar-refractivity contribution in [2.75, 3.05) is 19.6 Å². The van der Waals surface area contributed by atoms with Crippen LogP contribution in [0.15, 0.2) is 54.7 Å². The number of benzene rings is 1. The molecule has 3 rings (SSSR count). The zero-order valence-electron chi connectivity index (χ0n) is 12.3. The molecule has 0 atom stereocenters. The second-order valence-electron chi connectivity index (χ2n) is 5.28. The fraction of sp³-hybridized carbons (Fsp3) is 0.294. The Morgan fingerprint density at radius 2 is 1.95 bits per heavy atom. The summed E-state index contributed by atoms with van der Waals surface area (Å²) in [5.41, 5.74) is 1.22. The van der Waals surface area contributed by atoms with Crippen LogP contribution in [0, 0.1) is 0 Å². The van der Waals surface area contributed by atoms with E-state index in [2.05, 4.69) is 22.4 Å². The summed E-state index contributed by atoms with van der Waals surface area (Å²) in [4.78, 5) is 17.8. The Morgan fingerprint density at radius 3 is 2.68 bits per heavy atom. The molecule has 2 heterocycles. The van der Waals surface area contributed by atoms with Crippen molar-refractivity contribution in [3.05, 3.63) is 60.3 Å². The normalized spacial score (nSPS) is 14.3. The zero-order chi connectivity index (χ0) is 15.2. The van der Waals surface area contributed by atoms with Crippen molar-refractivity contribution in [1.82, 2.24) is 15.2 Å². The van der Waals surface area contributed by atoms with Crippen LogP contribution in [-0.2, 0) is 6.42 Å². The molecule has 0 aliphatic carbocycles. The van der Waals surface area contributed by atoms with Gasteiger partial charge in [0.05, 0.1) is 13.1 Å². The molecule has 0 bridgehead atoms. The first-order valence-corrected chi connectivity index (χ1v) is 7.45. The summed E-state index contributed by atoms with van der Waals surface area (Å²) in [6.45, 7) is 1.85. The number of ether oxygens (including phenoxy) is 1. The van der Waals surface area contributed by atoms with Crippen LogP contribution >= 0.6 is 0 Å². The molecule has 1 aromatic carbocycles. The molecule has 0 spiro atoms. The zero-order valence-corrected chi connectivity index (χ0v) is 12.3. The van der Waals surface area contributed by atoms with Crippen molar-refractivity contribution in [2.45, 2.75) is 12.5 Å². The fourth-order valence-corrected chi connectivity index (χ4v) is 2.34. The van der Waals surface area contributed by atoms with Crippen LogP contribution in [0.5, 0.6) is 5.88 Å². The van der Waals surface area contributed by atoms with Gasteiger partial charge in [0.2, 0.25) is 5.88 Å². The summed E-state index contributed by atoms with van der Waals surface area (Å²) in [5, 5.41) is 2.93. The predicted molar refractivity (Wildman–Crippen MR) is 83.8 cm³/mol. The fourth-order valence-electron chi connectivity index (χ4n) is 2.34. The second-order valence-corrected chi connectivity index (χ2v) is 5.28. The second kappa shape index (κ2) is 6.93. The summed E-state index contributed by atoms with van der Waals surface area (Å²) in [6.07, 6.45) is 2.57. The minimum Gasteiger partial charge on any atom is -0.471 e. The molecular weight excluding hydrogens is 278 g/mol. The van der Waals surface area contributed by atoms with E-state index in [1.54, 1.807) is 11.1 Å². The molecule has 1 fully saturated rings. The lowest BCUT2D eigenvalue weighted by Gasteiger charge is -2.38. The van der Waals surface area contributed by atoms with E-state index in [1.165, 1.54) is 5.56 Å². The van der Waals surface area contributed by atoms with Crippen molar-refractivity contribution in [2.24, 2.45) is 0 Å². The van der Waals surface area contributed by atoms with Crippen LogP contribution in [0.25, 0.3) is 0 Å². The Morgan fingerprint density at radius 1 is 1.18 bits per heavy atom. The van der Waals surface area contributed by atoms with Crippen LogP contribution in [0.1, 0.15) is 5.56 Å². The van der Waals surface area contributed by atoms with Crippen molar-refractivity contribution >= 4 is 6.03 Å². The third kappa shape index (κ3) is 3.75. The quantitative estimate of drug-likeness (QED) is 0.919.